The average Bonchev–Trinajstić information content (AvgIpc) is 3.44. The number of hydrogen-bond donors (Lipinski definition) is 4. The molecule has 2 aromatic carbocycles. The van der Waals surface area contributed by atoms with Gasteiger partial charge >= 0.3 is 0 Å². The molecule has 0 aliphatic heterocycles. The first kappa shape index (κ1) is 27.8. The number of likely N-dealkylation sites (N-methyl/N-ethyl adjacent to an activating group) is 1. The fraction of sp³-hybridized carbons (Fsp3) is 0.267. The van der Waals surface area contributed by atoms with Gasteiger partial charge in [-0.2, -0.15) is 0 Å². The van der Waals surface area contributed by atoms with Gasteiger partial charge in [0.05, 0.1) is 46.7 Å². The molecule has 0 radical (unpaired) electrons. The van der Waals surface area contributed by atoms with E-state index in [4.69, 9.17) is 9.57 Å². The number of benzene rings is 2. The zero-order valence-electron chi connectivity index (χ0n) is 23.2. The number of methoxy groups -OCH3 is 1. The van der Waals surface area contributed by atoms with Crippen LogP contribution in [0.25, 0.3) is 10.8 Å². The lowest BCUT2D eigenvalue weighted by molar-refractivity contribution is 0.0790. The summed E-state index contributed by atoms with van der Waals surface area (Å²) in [7, 11) is 4.89. The molecule has 3 aliphatic rings. The first-order chi connectivity index (χ1) is 20.4. The molecule has 13 nitrogen and oxygen atoms in total. The van der Waals surface area contributed by atoms with Crippen molar-refractivity contribution in [1.29, 1.82) is 0 Å². The van der Waals surface area contributed by atoms with E-state index < -0.39 is 79.4 Å². The zero-order valence-corrected chi connectivity index (χ0v) is 23.2. The van der Waals surface area contributed by atoms with E-state index in [1.54, 1.807) is 12.1 Å². The second-order valence-electron chi connectivity index (χ2n) is 10.8. The van der Waals surface area contributed by atoms with Crippen molar-refractivity contribution in [1.82, 2.24) is 9.88 Å². The number of hydrogen-bond acceptors (Lipinski definition) is 12. The van der Waals surface area contributed by atoms with Crippen molar-refractivity contribution >= 4 is 40.1 Å². The van der Waals surface area contributed by atoms with Gasteiger partial charge in [0.25, 0.3) is 5.56 Å². The Labute approximate surface area is 242 Å². The largest absolute Gasteiger partial charge is 0.507 e. The molecule has 4 N–H and O–H groups in total. The second kappa shape index (κ2) is 9.63. The molecule has 1 heterocycles. The Morgan fingerprint density at radius 1 is 0.977 bits per heavy atom. The summed E-state index contributed by atoms with van der Waals surface area (Å²) in [6, 6.07) is 3.13. The SMILES string of the molecule is COC1=CC(=O)c2c(O)c3c(c(O)c2C1=O)C(=O)C1(CCc2cc4cc(C=NOCCN(C)C)[nH]c(=O)c4c(O)c21)C3=O. The van der Waals surface area contributed by atoms with Crippen molar-refractivity contribution in [3.63, 3.8) is 0 Å². The van der Waals surface area contributed by atoms with Gasteiger partial charge in [0, 0.05) is 18.2 Å². The maximum Gasteiger partial charge on any atom is 0.260 e. The molecular weight excluding hydrogens is 562 g/mol. The highest BCUT2D eigenvalue weighted by atomic mass is 16.6. The van der Waals surface area contributed by atoms with Crippen LogP contribution in [0.5, 0.6) is 17.2 Å². The van der Waals surface area contributed by atoms with E-state index in [-0.39, 0.29) is 29.5 Å². The number of ketones is 4. The first-order valence-electron chi connectivity index (χ1n) is 13.2. The van der Waals surface area contributed by atoms with Crippen LogP contribution in [0, 0.1) is 0 Å². The lowest BCUT2D eigenvalue weighted by Gasteiger charge is -2.22. The van der Waals surface area contributed by atoms with Gasteiger partial charge in [0.15, 0.2) is 23.1 Å². The molecule has 0 saturated carbocycles. The number of pyridine rings is 1. The lowest BCUT2D eigenvalue weighted by atomic mass is 9.76. The van der Waals surface area contributed by atoms with Gasteiger partial charge in [0.1, 0.15) is 29.3 Å². The summed E-state index contributed by atoms with van der Waals surface area (Å²) in [6.45, 7) is 0.952. The molecule has 1 spiro atoms. The van der Waals surface area contributed by atoms with E-state index in [0.29, 0.717) is 24.1 Å². The number of Topliss-reactive ketones (excluding diaryl/α,β-unsaturated/α-hetero) is 3. The van der Waals surface area contributed by atoms with Crippen LogP contribution in [-0.4, -0.2) is 88.9 Å². The Morgan fingerprint density at radius 3 is 2.30 bits per heavy atom. The number of aromatic nitrogens is 1. The Hall–Kier alpha value is -5.30. The minimum Gasteiger partial charge on any atom is -0.507 e. The number of aromatic hydroxyl groups is 3. The highest BCUT2D eigenvalue weighted by Gasteiger charge is 2.61. The molecule has 43 heavy (non-hydrogen) atoms. The molecule has 6 rings (SSSR count). The number of carbonyl (C=O) groups is 4. The number of oxime groups is 1. The van der Waals surface area contributed by atoms with E-state index in [9.17, 15) is 39.3 Å². The number of carbonyl (C=O) groups excluding carboxylic acids is 4. The van der Waals surface area contributed by atoms with Crippen LogP contribution in [0.3, 0.4) is 0 Å². The quantitative estimate of drug-likeness (QED) is 0.108. The number of aromatic amines is 1. The van der Waals surface area contributed by atoms with Crippen molar-refractivity contribution in [3.05, 3.63) is 73.4 Å². The zero-order chi connectivity index (χ0) is 31.0. The summed E-state index contributed by atoms with van der Waals surface area (Å²) in [5.74, 6) is -6.69. The molecule has 0 bridgehead atoms. The minimum atomic E-state index is -2.11. The number of fused-ring (bicyclic) bond motifs is 5. The molecule has 3 aromatic rings. The molecular formula is C30H25N3O10. The van der Waals surface area contributed by atoms with Gasteiger partial charge in [0.2, 0.25) is 5.78 Å². The van der Waals surface area contributed by atoms with E-state index >= 15 is 0 Å². The summed E-state index contributed by atoms with van der Waals surface area (Å²) in [5.41, 5.74) is -4.82. The Balaban J connectivity index is 1.48. The number of allylic oxidation sites excluding steroid dienone is 2. The predicted molar refractivity (Wildman–Crippen MR) is 151 cm³/mol. The Morgan fingerprint density at radius 2 is 1.65 bits per heavy atom. The van der Waals surface area contributed by atoms with Crippen molar-refractivity contribution < 1.29 is 44.1 Å². The van der Waals surface area contributed by atoms with Gasteiger partial charge in [-0.1, -0.05) is 11.2 Å². The van der Waals surface area contributed by atoms with E-state index in [1.807, 2.05) is 19.0 Å². The molecule has 1 unspecified atom stereocenters. The van der Waals surface area contributed by atoms with E-state index in [0.717, 1.165) is 13.2 Å². The van der Waals surface area contributed by atoms with Gasteiger partial charge in [-0.3, -0.25) is 24.0 Å². The monoisotopic (exact) mass is 587 g/mol. The van der Waals surface area contributed by atoms with Crippen LogP contribution >= 0.6 is 0 Å². The van der Waals surface area contributed by atoms with Gasteiger partial charge in [-0.05, 0) is 44.0 Å². The molecule has 0 fully saturated rings. The van der Waals surface area contributed by atoms with Gasteiger partial charge in [-0.15, -0.1) is 0 Å². The lowest BCUT2D eigenvalue weighted by Crippen LogP contribution is -2.36. The predicted octanol–water partition coefficient (Wildman–Crippen LogP) is 1.73. The van der Waals surface area contributed by atoms with Crippen molar-refractivity contribution in [2.24, 2.45) is 5.16 Å². The van der Waals surface area contributed by atoms with Crippen molar-refractivity contribution in [2.45, 2.75) is 18.3 Å². The molecule has 1 atom stereocenters. The first-order valence-corrected chi connectivity index (χ1v) is 13.2. The number of aryl methyl sites for hydroxylation is 1. The second-order valence-corrected chi connectivity index (χ2v) is 10.8. The number of rotatable bonds is 6. The van der Waals surface area contributed by atoms with Crippen LogP contribution in [0.1, 0.15) is 64.7 Å². The number of nitrogens with one attached hydrogen (secondary N) is 1. The van der Waals surface area contributed by atoms with Crippen LogP contribution < -0.4 is 5.56 Å². The normalized spacial score (nSPS) is 19.0. The molecule has 3 aliphatic carbocycles. The third kappa shape index (κ3) is 3.74. The molecule has 220 valence electrons. The number of nitrogens with zero attached hydrogens (tertiary/aromatic N) is 2. The van der Waals surface area contributed by atoms with E-state index in [1.165, 1.54) is 6.21 Å². The van der Waals surface area contributed by atoms with Crippen LogP contribution in [0.15, 0.2) is 33.9 Å². The molecule has 0 amide bonds. The van der Waals surface area contributed by atoms with Crippen LogP contribution in [0.2, 0.25) is 0 Å². The summed E-state index contributed by atoms with van der Waals surface area (Å²) in [6.07, 6.45) is 2.10. The number of ether oxygens (including phenoxy) is 1. The fourth-order valence-corrected chi connectivity index (χ4v) is 6.20. The number of H-pyrrole nitrogens is 1. The Bertz CT molecular complexity index is 1950. The van der Waals surface area contributed by atoms with Crippen molar-refractivity contribution in [3.8, 4) is 17.2 Å². The summed E-state index contributed by atoms with van der Waals surface area (Å²) >= 11 is 0. The third-order valence-corrected chi connectivity index (χ3v) is 8.16. The maximum atomic E-state index is 14.1. The van der Waals surface area contributed by atoms with E-state index in [2.05, 4.69) is 10.1 Å². The molecule has 13 heteroatoms. The smallest absolute Gasteiger partial charge is 0.260 e. The topological polar surface area (TPSA) is 196 Å². The van der Waals surface area contributed by atoms with Gasteiger partial charge in [-0.25, -0.2) is 0 Å². The highest BCUT2D eigenvalue weighted by molar-refractivity contribution is 6.38. The standard InChI is InChI=1S/C30H25N3O10/c1-33(2)6-7-43-31-11-14-9-13-8-12-4-5-30(22(12)26(38)17(13)29(41)32-14)27(39)20-21(28(30)40)25(37)19-18(24(20)36)15(34)10-16(42-3)23(19)35/h8-11,36-38H,4-7H2,1-3H3,(H,32,41). The number of phenolic OH excluding ortho intramolecular Hbond substituents is 3. The summed E-state index contributed by atoms with van der Waals surface area (Å²) < 4.78 is 4.91. The molecule has 0 saturated heterocycles. The average molecular weight is 588 g/mol. The summed E-state index contributed by atoms with van der Waals surface area (Å²) in [5, 5.41) is 37.6. The Kier molecular flexibility index (Phi) is 6.24. The number of phenols is 3. The third-order valence-electron chi connectivity index (χ3n) is 8.16. The minimum absolute atomic E-state index is 0.128. The maximum absolute atomic E-state index is 14.1. The van der Waals surface area contributed by atoms with Gasteiger partial charge < -0.3 is 34.8 Å². The van der Waals surface area contributed by atoms with Crippen molar-refractivity contribution in [2.75, 3.05) is 34.4 Å². The van der Waals surface area contributed by atoms with Crippen LogP contribution in [-0.2, 0) is 21.4 Å². The fourth-order valence-electron chi connectivity index (χ4n) is 6.20. The highest BCUT2D eigenvalue weighted by Crippen LogP contribution is 2.57. The summed E-state index contributed by atoms with van der Waals surface area (Å²) in [4.78, 5) is 76.6. The molecule has 1 aromatic heterocycles. The van der Waals surface area contributed by atoms with Crippen LogP contribution in [0.4, 0.5) is 0 Å².